The molecule has 0 radical (unpaired) electrons. The Labute approximate surface area is 61.4 Å². The molecule has 0 aliphatic heterocycles. The highest BCUT2D eigenvalue weighted by atomic mass is 16.1. The molecule has 0 spiro atoms. The summed E-state index contributed by atoms with van der Waals surface area (Å²) < 4.78 is 0. The van der Waals surface area contributed by atoms with E-state index in [2.05, 4.69) is 19.1 Å². The number of rotatable bonds is 2. The van der Waals surface area contributed by atoms with Crippen molar-refractivity contribution in [2.75, 3.05) is 0 Å². The monoisotopic (exact) mass is 136 g/mol. The molecule has 54 valence electrons. The van der Waals surface area contributed by atoms with E-state index in [4.69, 9.17) is 0 Å². The highest BCUT2D eigenvalue weighted by Gasteiger charge is 2.03. The number of hydrogen-bond acceptors (Lipinski definition) is 1. The molecule has 0 aromatic carbocycles. The van der Waals surface area contributed by atoms with Crippen molar-refractivity contribution < 1.29 is 4.79 Å². The summed E-state index contributed by atoms with van der Waals surface area (Å²) in [5, 5.41) is 0. The minimum atomic E-state index is 0.247. The van der Waals surface area contributed by atoms with Gasteiger partial charge in [-0.25, -0.2) is 0 Å². The van der Waals surface area contributed by atoms with E-state index >= 15 is 0 Å². The summed E-state index contributed by atoms with van der Waals surface area (Å²) in [6.45, 7) is 3.71. The van der Waals surface area contributed by atoms with Gasteiger partial charge in [-0.05, 0) is 25.8 Å². The van der Waals surface area contributed by atoms with Gasteiger partial charge in [-0.2, -0.15) is 0 Å². The van der Waals surface area contributed by atoms with Gasteiger partial charge in [0.1, 0.15) is 5.78 Å². The second-order valence-corrected chi connectivity index (χ2v) is 2.85. The van der Waals surface area contributed by atoms with E-state index in [1.807, 2.05) is 0 Å². The fourth-order valence-electron chi connectivity index (χ4n) is 1.14. The van der Waals surface area contributed by atoms with Gasteiger partial charge in [0, 0.05) is 6.42 Å². The third kappa shape index (κ3) is 1.83. The first-order valence-corrected chi connectivity index (χ1v) is 3.54. The highest BCUT2D eigenvalue weighted by Crippen LogP contribution is 2.18. The van der Waals surface area contributed by atoms with Gasteiger partial charge in [-0.15, -0.1) is 0 Å². The average molecular weight is 136 g/mol. The van der Waals surface area contributed by atoms with Crippen LogP contribution >= 0.6 is 0 Å². The SMILES string of the molecule is CC(=O)CC1=CCC(C)=C1. The van der Waals surface area contributed by atoms with Crippen molar-refractivity contribution in [2.24, 2.45) is 0 Å². The minimum Gasteiger partial charge on any atom is -0.300 e. The summed E-state index contributed by atoms with van der Waals surface area (Å²) in [5.41, 5.74) is 2.54. The van der Waals surface area contributed by atoms with Crippen molar-refractivity contribution in [3.8, 4) is 0 Å². The van der Waals surface area contributed by atoms with Crippen LogP contribution in [-0.2, 0) is 4.79 Å². The first-order chi connectivity index (χ1) is 4.68. The van der Waals surface area contributed by atoms with Gasteiger partial charge >= 0.3 is 0 Å². The number of carbonyl (C=O) groups is 1. The van der Waals surface area contributed by atoms with Crippen molar-refractivity contribution in [3.05, 3.63) is 23.3 Å². The van der Waals surface area contributed by atoms with Gasteiger partial charge < -0.3 is 0 Å². The number of ketones is 1. The lowest BCUT2D eigenvalue weighted by Crippen LogP contribution is -1.89. The lowest BCUT2D eigenvalue weighted by atomic mass is 10.1. The standard InChI is InChI=1S/C9H12O/c1-7-3-4-9(5-7)6-8(2)10/h4-5H,3,6H2,1-2H3. The van der Waals surface area contributed by atoms with Crippen molar-refractivity contribution in [2.45, 2.75) is 26.7 Å². The molecule has 0 amide bonds. The third-order valence-electron chi connectivity index (χ3n) is 1.57. The van der Waals surface area contributed by atoms with Crippen LogP contribution in [0.15, 0.2) is 23.3 Å². The van der Waals surface area contributed by atoms with Gasteiger partial charge in [0.2, 0.25) is 0 Å². The largest absolute Gasteiger partial charge is 0.300 e. The van der Waals surface area contributed by atoms with E-state index in [1.54, 1.807) is 6.92 Å². The Balaban J connectivity index is 2.52. The molecule has 0 atom stereocenters. The van der Waals surface area contributed by atoms with E-state index < -0.39 is 0 Å². The Morgan fingerprint density at radius 3 is 2.80 bits per heavy atom. The zero-order valence-corrected chi connectivity index (χ0v) is 6.48. The molecule has 1 aliphatic carbocycles. The van der Waals surface area contributed by atoms with Crippen LogP contribution in [0.25, 0.3) is 0 Å². The zero-order valence-electron chi connectivity index (χ0n) is 6.48. The molecule has 0 aromatic rings. The van der Waals surface area contributed by atoms with Gasteiger partial charge in [0.05, 0.1) is 0 Å². The van der Waals surface area contributed by atoms with Crippen LogP contribution in [0.3, 0.4) is 0 Å². The summed E-state index contributed by atoms with van der Waals surface area (Å²) in [6, 6.07) is 0. The summed E-state index contributed by atoms with van der Waals surface area (Å²) in [4.78, 5) is 10.6. The van der Waals surface area contributed by atoms with Gasteiger partial charge in [-0.1, -0.05) is 17.7 Å². The summed E-state index contributed by atoms with van der Waals surface area (Å²) in [6.07, 6.45) is 5.86. The van der Waals surface area contributed by atoms with Crippen LogP contribution < -0.4 is 0 Å². The van der Waals surface area contributed by atoms with Crippen LogP contribution in [0.2, 0.25) is 0 Å². The number of allylic oxidation sites excluding steroid dienone is 4. The van der Waals surface area contributed by atoms with Crippen LogP contribution in [0, 0.1) is 0 Å². The fourth-order valence-corrected chi connectivity index (χ4v) is 1.14. The minimum absolute atomic E-state index is 0.247. The molecule has 0 saturated heterocycles. The molecule has 10 heavy (non-hydrogen) atoms. The van der Waals surface area contributed by atoms with Crippen molar-refractivity contribution in [3.63, 3.8) is 0 Å². The van der Waals surface area contributed by atoms with Gasteiger partial charge in [-0.3, -0.25) is 4.79 Å². The van der Waals surface area contributed by atoms with Crippen LogP contribution in [0.5, 0.6) is 0 Å². The number of Topliss-reactive ketones (excluding diaryl/α,β-unsaturated/α-hetero) is 1. The maximum atomic E-state index is 10.6. The third-order valence-corrected chi connectivity index (χ3v) is 1.57. The molecular formula is C9H12O. The second-order valence-electron chi connectivity index (χ2n) is 2.85. The van der Waals surface area contributed by atoms with E-state index in [-0.39, 0.29) is 5.78 Å². The van der Waals surface area contributed by atoms with E-state index in [9.17, 15) is 4.79 Å². The first-order valence-electron chi connectivity index (χ1n) is 3.54. The van der Waals surface area contributed by atoms with Crippen LogP contribution in [0.1, 0.15) is 26.7 Å². The van der Waals surface area contributed by atoms with E-state index in [1.165, 1.54) is 11.1 Å². The molecule has 1 aliphatic rings. The van der Waals surface area contributed by atoms with Gasteiger partial charge in [0.25, 0.3) is 0 Å². The second kappa shape index (κ2) is 2.82. The Bertz CT molecular complexity index is 209. The predicted octanol–water partition coefficient (Wildman–Crippen LogP) is 2.24. The molecule has 0 aromatic heterocycles. The van der Waals surface area contributed by atoms with Crippen LogP contribution in [0.4, 0.5) is 0 Å². The average Bonchev–Trinajstić information content (AvgIpc) is 2.13. The molecule has 1 nitrogen and oxygen atoms in total. The Morgan fingerprint density at radius 1 is 1.70 bits per heavy atom. The first kappa shape index (κ1) is 7.26. The molecule has 0 saturated carbocycles. The maximum Gasteiger partial charge on any atom is 0.134 e. The molecule has 1 heteroatoms. The Hall–Kier alpha value is -0.850. The molecule has 0 bridgehead atoms. The molecule has 0 heterocycles. The maximum absolute atomic E-state index is 10.6. The topological polar surface area (TPSA) is 17.1 Å². The van der Waals surface area contributed by atoms with E-state index in [0.29, 0.717) is 6.42 Å². The predicted molar refractivity (Wildman–Crippen MR) is 41.8 cm³/mol. The summed E-state index contributed by atoms with van der Waals surface area (Å²) in [7, 11) is 0. The van der Waals surface area contributed by atoms with Crippen molar-refractivity contribution >= 4 is 5.78 Å². The normalized spacial score (nSPS) is 16.6. The van der Waals surface area contributed by atoms with Gasteiger partial charge in [0.15, 0.2) is 0 Å². The molecule has 1 rings (SSSR count). The summed E-state index contributed by atoms with van der Waals surface area (Å²) in [5.74, 6) is 0.247. The lowest BCUT2D eigenvalue weighted by molar-refractivity contribution is -0.116. The quantitative estimate of drug-likeness (QED) is 0.569. The zero-order chi connectivity index (χ0) is 7.56. The number of hydrogen-bond donors (Lipinski definition) is 0. The molecule has 0 unspecified atom stereocenters. The molecular weight excluding hydrogens is 124 g/mol. The van der Waals surface area contributed by atoms with Crippen molar-refractivity contribution in [1.29, 1.82) is 0 Å². The molecule has 0 N–H and O–H groups in total. The lowest BCUT2D eigenvalue weighted by Gasteiger charge is -1.91. The van der Waals surface area contributed by atoms with Crippen LogP contribution in [-0.4, -0.2) is 5.78 Å². The Kier molecular flexibility index (Phi) is 2.05. The Morgan fingerprint density at radius 2 is 2.40 bits per heavy atom. The van der Waals surface area contributed by atoms with E-state index in [0.717, 1.165) is 6.42 Å². The fraction of sp³-hybridized carbons (Fsp3) is 0.444. The summed E-state index contributed by atoms with van der Waals surface area (Å²) >= 11 is 0. The molecule has 0 fully saturated rings. The number of carbonyl (C=O) groups excluding carboxylic acids is 1. The van der Waals surface area contributed by atoms with Crippen molar-refractivity contribution in [1.82, 2.24) is 0 Å². The smallest absolute Gasteiger partial charge is 0.134 e. The highest BCUT2D eigenvalue weighted by molar-refractivity contribution is 5.79.